The van der Waals surface area contributed by atoms with Crippen molar-refractivity contribution in [3.05, 3.63) is 35.6 Å². The van der Waals surface area contributed by atoms with E-state index in [0.717, 1.165) is 5.75 Å². The van der Waals surface area contributed by atoms with Crippen LogP contribution in [0.3, 0.4) is 0 Å². The molecule has 3 heteroatoms. The Kier molecular flexibility index (Phi) is 3.61. The summed E-state index contributed by atoms with van der Waals surface area (Å²) in [6, 6.07) is 3.46. The maximum Gasteiger partial charge on any atom is 0.132 e. The SMILES string of the molecule is CC=CCOc1ccnc(Cl)c1. The summed E-state index contributed by atoms with van der Waals surface area (Å²) in [5.41, 5.74) is 0. The number of pyridine rings is 1. The molecule has 64 valence electrons. The molecule has 0 unspecified atom stereocenters. The third kappa shape index (κ3) is 2.93. The second-order valence-corrected chi connectivity index (χ2v) is 2.58. The summed E-state index contributed by atoms with van der Waals surface area (Å²) in [6.45, 7) is 2.51. The summed E-state index contributed by atoms with van der Waals surface area (Å²) in [7, 11) is 0. The van der Waals surface area contributed by atoms with Gasteiger partial charge in [0.05, 0.1) is 0 Å². The topological polar surface area (TPSA) is 22.1 Å². The quantitative estimate of drug-likeness (QED) is 0.531. The lowest BCUT2D eigenvalue weighted by molar-refractivity contribution is 0.362. The third-order valence-corrected chi connectivity index (χ3v) is 1.49. The fraction of sp³-hybridized carbons (Fsp3) is 0.222. The molecule has 1 rings (SSSR count). The molecule has 2 nitrogen and oxygen atoms in total. The molecule has 1 aromatic rings. The number of ether oxygens (including phenoxy) is 1. The molecule has 0 aliphatic heterocycles. The Morgan fingerprint density at radius 1 is 1.67 bits per heavy atom. The van der Waals surface area contributed by atoms with E-state index in [2.05, 4.69) is 4.98 Å². The van der Waals surface area contributed by atoms with Crippen LogP contribution in [0.1, 0.15) is 6.92 Å². The Labute approximate surface area is 76.8 Å². The summed E-state index contributed by atoms with van der Waals surface area (Å²) in [5.74, 6) is 0.744. The number of allylic oxidation sites excluding steroid dienone is 1. The average Bonchev–Trinajstić information content (AvgIpc) is 2.05. The number of nitrogens with zero attached hydrogens (tertiary/aromatic N) is 1. The van der Waals surface area contributed by atoms with Gasteiger partial charge in [0.1, 0.15) is 17.5 Å². The first kappa shape index (κ1) is 9.07. The number of hydrogen-bond acceptors (Lipinski definition) is 2. The van der Waals surface area contributed by atoms with Crippen LogP contribution in [0, 0.1) is 0 Å². The Balaban J connectivity index is 2.52. The Hall–Kier alpha value is -1.02. The summed E-state index contributed by atoms with van der Waals surface area (Å²) in [5, 5.41) is 0.452. The molecule has 0 saturated carbocycles. The highest BCUT2D eigenvalue weighted by Gasteiger charge is 1.92. The predicted molar refractivity (Wildman–Crippen MR) is 49.6 cm³/mol. The van der Waals surface area contributed by atoms with Crippen LogP contribution in [-0.2, 0) is 0 Å². The van der Waals surface area contributed by atoms with E-state index >= 15 is 0 Å². The lowest BCUT2D eigenvalue weighted by atomic mass is 10.4. The fourth-order valence-electron chi connectivity index (χ4n) is 0.715. The van der Waals surface area contributed by atoms with Crippen molar-refractivity contribution in [2.75, 3.05) is 6.61 Å². The first-order chi connectivity index (χ1) is 5.83. The Morgan fingerprint density at radius 2 is 2.50 bits per heavy atom. The first-order valence-electron chi connectivity index (χ1n) is 3.68. The van der Waals surface area contributed by atoms with Gasteiger partial charge < -0.3 is 4.74 Å². The van der Waals surface area contributed by atoms with Crippen molar-refractivity contribution in [3.63, 3.8) is 0 Å². The third-order valence-electron chi connectivity index (χ3n) is 1.28. The van der Waals surface area contributed by atoms with Crippen LogP contribution in [0.4, 0.5) is 0 Å². The molecule has 0 aromatic carbocycles. The first-order valence-corrected chi connectivity index (χ1v) is 4.06. The molecule has 0 N–H and O–H groups in total. The molecule has 0 atom stereocenters. The number of rotatable bonds is 3. The van der Waals surface area contributed by atoms with Gasteiger partial charge in [-0.15, -0.1) is 0 Å². The summed E-state index contributed by atoms with van der Waals surface area (Å²) < 4.78 is 5.32. The van der Waals surface area contributed by atoms with Gasteiger partial charge in [-0.25, -0.2) is 4.98 Å². The molecule has 0 spiro atoms. The minimum absolute atomic E-state index is 0.452. The molecule has 0 radical (unpaired) electrons. The molecule has 0 aliphatic rings. The second-order valence-electron chi connectivity index (χ2n) is 2.19. The van der Waals surface area contributed by atoms with E-state index in [-0.39, 0.29) is 0 Å². The van der Waals surface area contributed by atoms with Gasteiger partial charge in [0, 0.05) is 12.3 Å². The van der Waals surface area contributed by atoms with Gasteiger partial charge in [-0.3, -0.25) is 0 Å². The van der Waals surface area contributed by atoms with Crippen molar-refractivity contribution in [2.24, 2.45) is 0 Å². The van der Waals surface area contributed by atoms with Crippen LogP contribution >= 0.6 is 11.6 Å². The fourth-order valence-corrected chi connectivity index (χ4v) is 0.879. The zero-order valence-corrected chi connectivity index (χ0v) is 7.58. The summed E-state index contributed by atoms with van der Waals surface area (Å²) >= 11 is 5.65. The van der Waals surface area contributed by atoms with Crippen LogP contribution < -0.4 is 4.74 Å². The molecule has 0 bridgehead atoms. The van der Waals surface area contributed by atoms with Crippen molar-refractivity contribution in [1.29, 1.82) is 0 Å². The highest BCUT2D eigenvalue weighted by atomic mass is 35.5. The van der Waals surface area contributed by atoms with Gasteiger partial charge in [-0.1, -0.05) is 23.8 Å². The second kappa shape index (κ2) is 4.78. The van der Waals surface area contributed by atoms with E-state index in [1.54, 1.807) is 18.3 Å². The maximum atomic E-state index is 5.65. The van der Waals surface area contributed by atoms with Crippen LogP contribution in [-0.4, -0.2) is 11.6 Å². The van der Waals surface area contributed by atoms with E-state index in [9.17, 15) is 0 Å². The average molecular weight is 184 g/mol. The zero-order chi connectivity index (χ0) is 8.81. The van der Waals surface area contributed by atoms with Crippen LogP contribution in [0.5, 0.6) is 5.75 Å². The van der Waals surface area contributed by atoms with Crippen LogP contribution in [0.15, 0.2) is 30.5 Å². The Bertz CT molecular complexity index is 273. The lowest BCUT2D eigenvalue weighted by Crippen LogP contribution is -1.92. The molecular formula is C9H10ClNO. The largest absolute Gasteiger partial charge is 0.489 e. The van der Waals surface area contributed by atoms with Crippen LogP contribution in [0.2, 0.25) is 5.15 Å². The lowest BCUT2D eigenvalue weighted by Gasteiger charge is -2.01. The smallest absolute Gasteiger partial charge is 0.132 e. The Morgan fingerprint density at radius 3 is 3.17 bits per heavy atom. The standard InChI is InChI=1S/C9H10ClNO/c1-2-3-6-12-8-4-5-11-9(10)7-8/h2-5,7H,6H2,1H3. The van der Waals surface area contributed by atoms with Gasteiger partial charge in [0.15, 0.2) is 0 Å². The van der Waals surface area contributed by atoms with Gasteiger partial charge in [-0.2, -0.15) is 0 Å². The van der Waals surface area contributed by atoms with E-state index in [1.807, 2.05) is 19.1 Å². The van der Waals surface area contributed by atoms with Crippen molar-refractivity contribution in [3.8, 4) is 5.75 Å². The van der Waals surface area contributed by atoms with Crippen molar-refractivity contribution in [1.82, 2.24) is 4.98 Å². The highest BCUT2D eigenvalue weighted by molar-refractivity contribution is 6.29. The van der Waals surface area contributed by atoms with Crippen LogP contribution in [0.25, 0.3) is 0 Å². The molecule has 0 aliphatic carbocycles. The molecular weight excluding hydrogens is 174 g/mol. The normalized spacial score (nSPS) is 10.5. The molecule has 1 aromatic heterocycles. The number of hydrogen-bond donors (Lipinski definition) is 0. The molecule has 1 heterocycles. The summed E-state index contributed by atoms with van der Waals surface area (Å²) in [6.07, 6.45) is 5.48. The minimum atomic E-state index is 0.452. The van der Waals surface area contributed by atoms with Gasteiger partial charge in [0.25, 0.3) is 0 Å². The molecule has 12 heavy (non-hydrogen) atoms. The van der Waals surface area contributed by atoms with E-state index in [0.29, 0.717) is 11.8 Å². The monoisotopic (exact) mass is 183 g/mol. The predicted octanol–water partition coefficient (Wildman–Crippen LogP) is 2.69. The minimum Gasteiger partial charge on any atom is -0.489 e. The van der Waals surface area contributed by atoms with Crippen molar-refractivity contribution in [2.45, 2.75) is 6.92 Å². The van der Waals surface area contributed by atoms with Crippen molar-refractivity contribution >= 4 is 11.6 Å². The number of halogens is 1. The summed E-state index contributed by atoms with van der Waals surface area (Å²) in [4.78, 5) is 3.84. The molecule has 0 saturated heterocycles. The molecule has 0 fully saturated rings. The van der Waals surface area contributed by atoms with E-state index in [4.69, 9.17) is 16.3 Å². The van der Waals surface area contributed by atoms with Gasteiger partial charge >= 0.3 is 0 Å². The number of aromatic nitrogens is 1. The maximum absolute atomic E-state index is 5.65. The van der Waals surface area contributed by atoms with Crippen molar-refractivity contribution < 1.29 is 4.74 Å². The highest BCUT2D eigenvalue weighted by Crippen LogP contribution is 2.13. The van der Waals surface area contributed by atoms with E-state index in [1.165, 1.54) is 0 Å². The van der Waals surface area contributed by atoms with Gasteiger partial charge in [-0.05, 0) is 13.0 Å². The molecule has 0 amide bonds. The van der Waals surface area contributed by atoms with Gasteiger partial charge in [0.2, 0.25) is 0 Å². The zero-order valence-electron chi connectivity index (χ0n) is 6.83. The van der Waals surface area contributed by atoms with E-state index < -0.39 is 0 Å².